The summed E-state index contributed by atoms with van der Waals surface area (Å²) in [7, 11) is 0. The van der Waals surface area contributed by atoms with Gasteiger partial charge in [-0.1, -0.05) is 30.0 Å². The van der Waals surface area contributed by atoms with Crippen molar-refractivity contribution in [2.75, 3.05) is 25.4 Å². The van der Waals surface area contributed by atoms with Gasteiger partial charge in [-0.3, -0.25) is 14.2 Å². The number of hydrogen-bond acceptors (Lipinski definition) is 7. The van der Waals surface area contributed by atoms with E-state index in [4.69, 9.17) is 9.72 Å². The molecule has 1 fully saturated rings. The van der Waals surface area contributed by atoms with Crippen LogP contribution in [0.1, 0.15) is 31.7 Å². The Morgan fingerprint density at radius 3 is 2.79 bits per heavy atom. The van der Waals surface area contributed by atoms with Gasteiger partial charge in [-0.2, -0.15) is 0 Å². The molecule has 0 bridgehead atoms. The number of carbonyl (C=O) groups excluding carboxylic acids is 1. The van der Waals surface area contributed by atoms with Crippen molar-refractivity contribution in [3.8, 4) is 5.75 Å². The van der Waals surface area contributed by atoms with Gasteiger partial charge < -0.3 is 9.64 Å². The molecule has 9 heteroatoms. The number of hydrogen-bond donors (Lipinski definition) is 0. The second-order valence-electron chi connectivity index (χ2n) is 8.19. The molecule has 4 heterocycles. The number of ether oxygens (including phenoxy) is 1. The topological polar surface area (TPSA) is 77.3 Å². The molecule has 0 saturated carbocycles. The van der Waals surface area contributed by atoms with Crippen molar-refractivity contribution >= 4 is 49.4 Å². The van der Waals surface area contributed by atoms with E-state index in [1.54, 1.807) is 10.8 Å². The van der Waals surface area contributed by atoms with E-state index in [1.165, 1.54) is 29.5 Å². The number of thioether (sulfide) groups is 1. The van der Waals surface area contributed by atoms with Gasteiger partial charge in [-0.05, 0) is 44.4 Å². The molecule has 0 radical (unpaired) electrons. The number of rotatable bonds is 7. The van der Waals surface area contributed by atoms with E-state index in [-0.39, 0.29) is 17.2 Å². The normalized spacial score (nSPS) is 14.1. The zero-order chi connectivity index (χ0) is 23.5. The quantitative estimate of drug-likeness (QED) is 0.277. The Kier molecular flexibility index (Phi) is 6.82. The van der Waals surface area contributed by atoms with E-state index in [2.05, 4.69) is 4.98 Å². The van der Waals surface area contributed by atoms with Gasteiger partial charge in [0.2, 0.25) is 5.91 Å². The summed E-state index contributed by atoms with van der Waals surface area (Å²) in [5.74, 6) is 1.10. The van der Waals surface area contributed by atoms with Gasteiger partial charge in [0, 0.05) is 30.2 Å². The van der Waals surface area contributed by atoms with Gasteiger partial charge in [0.25, 0.3) is 5.56 Å². The predicted octanol–water partition coefficient (Wildman–Crippen LogP) is 4.56. The third-order valence-electron chi connectivity index (χ3n) is 5.95. The Morgan fingerprint density at radius 1 is 1.15 bits per heavy atom. The minimum atomic E-state index is -0.118. The van der Waals surface area contributed by atoms with Crippen molar-refractivity contribution in [2.24, 2.45) is 0 Å². The number of nitrogens with zero attached hydrogens (tertiary/aromatic N) is 4. The second-order valence-corrected chi connectivity index (χ2v) is 10.1. The predicted molar refractivity (Wildman–Crippen MR) is 137 cm³/mol. The van der Waals surface area contributed by atoms with Crippen molar-refractivity contribution < 1.29 is 9.53 Å². The van der Waals surface area contributed by atoms with Crippen LogP contribution in [0, 0.1) is 0 Å². The average molecular weight is 495 g/mol. The summed E-state index contributed by atoms with van der Waals surface area (Å²) in [6.07, 6.45) is 5.00. The van der Waals surface area contributed by atoms with Gasteiger partial charge >= 0.3 is 0 Å². The number of aromatic nitrogens is 3. The lowest BCUT2D eigenvalue weighted by Gasteiger charge is -2.26. The van der Waals surface area contributed by atoms with Gasteiger partial charge in [-0.15, -0.1) is 11.3 Å². The molecule has 0 aliphatic carbocycles. The molecule has 176 valence electrons. The Labute approximate surface area is 205 Å². The number of likely N-dealkylation sites (tertiary alicyclic amines) is 1. The van der Waals surface area contributed by atoms with E-state index in [0.717, 1.165) is 47.5 Å². The number of piperidine rings is 1. The monoisotopic (exact) mass is 494 g/mol. The van der Waals surface area contributed by atoms with Crippen molar-refractivity contribution in [1.29, 1.82) is 0 Å². The number of amides is 1. The minimum Gasteiger partial charge on any atom is -0.494 e. The number of carbonyl (C=O) groups is 1. The number of fused-ring (bicyclic) bond motifs is 3. The summed E-state index contributed by atoms with van der Waals surface area (Å²) < 4.78 is 8.04. The summed E-state index contributed by atoms with van der Waals surface area (Å²) in [4.78, 5) is 38.6. The first-order valence-corrected chi connectivity index (χ1v) is 13.3. The molecule has 0 N–H and O–H groups in total. The zero-order valence-electron chi connectivity index (χ0n) is 19.0. The van der Waals surface area contributed by atoms with Gasteiger partial charge in [-0.25, -0.2) is 9.97 Å². The molecule has 0 unspecified atom stereocenters. The number of thiophene rings is 1. The molecule has 1 aliphatic rings. The first kappa shape index (κ1) is 22.9. The maximum Gasteiger partial charge on any atom is 0.272 e. The highest BCUT2D eigenvalue weighted by Crippen LogP contribution is 2.31. The summed E-state index contributed by atoms with van der Waals surface area (Å²) in [6.45, 7) is 4.41. The van der Waals surface area contributed by atoms with Gasteiger partial charge in [0.05, 0.1) is 24.4 Å². The lowest BCUT2D eigenvalue weighted by molar-refractivity contribution is -0.129. The molecule has 1 saturated heterocycles. The fourth-order valence-corrected chi connectivity index (χ4v) is 6.18. The van der Waals surface area contributed by atoms with Crippen LogP contribution in [0.25, 0.3) is 20.4 Å². The first-order valence-electron chi connectivity index (χ1n) is 11.5. The average Bonchev–Trinajstić information content (AvgIpc) is 3.25. The molecule has 0 spiro atoms. The van der Waals surface area contributed by atoms with Crippen molar-refractivity contribution in [3.63, 3.8) is 0 Å². The maximum absolute atomic E-state index is 13.7. The lowest BCUT2D eigenvalue weighted by atomic mass is 10.1. The van der Waals surface area contributed by atoms with Crippen LogP contribution in [-0.4, -0.2) is 50.8 Å². The Hall–Kier alpha value is -2.91. The molecule has 1 amide bonds. The highest BCUT2D eigenvalue weighted by molar-refractivity contribution is 7.99. The van der Waals surface area contributed by atoms with Gasteiger partial charge in [0.15, 0.2) is 5.16 Å². The standard InChI is InChI=1S/C25H26N4O3S2/c1-2-32-19-11-5-4-9-17(19)15-29-24(31)22-21(18-10-8-12-26-23(18)34-22)27-25(29)33-16-20(30)28-13-6-3-7-14-28/h4-5,8-12H,2-3,6-7,13-16H2,1H3. The van der Waals surface area contributed by atoms with Crippen molar-refractivity contribution in [3.05, 3.63) is 58.5 Å². The van der Waals surface area contributed by atoms with Crippen LogP contribution < -0.4 is 10.3 Å². The number of benzene rings is 1. The SMILES string of the molecule is CCOc1ccccc1Cn1c(SCC(=O)N2CCCCC2)nc2c(sc3ncccc32)c1=O. The first-order chi connectivity index (χ1) is 16.7. The molecule has 5 rings (SSSR count). The smallest absolute Gasteiger partial charge is 0.272 e. The van der Waals surface area contributed by atoms with E-state index in [9.17, 15) is 9.59 Å². The molecule has 7 nitrogen and oxygen atoms in total. The van der Waals surface area contributed by atoms with E-state index in [1.807, 2.05) is 48.2 Å². The molecule has 4 aromatic rings. The van der Waals surface area contributed by atoms with Crippen LogP contribution in [-0.2, 0) is 11.3 Å². The fourth-order valence-electron chi connectivity index (χ4n) is 4.25. The number of para-hydroxylation sites is 1. The van der Waals surface area contributed by atoms with Crippen LogP contribution in [0.3, 0.4) is 0 Å². The highest BCUT2D eigenvalue weighted by atomic mass is 32.2. The van der Waals surface area contributed by atoms with Crippen molar-refractivity contribution in [1.82, 2.24) is 19.4 Å². The maximum atomic E-state index is 13.7. The minimum absolute atomic E-state index is 0.0946. The van der Waals surface area contributed by atoms with E-state index >= 15 is 0 Å². The second kappa shape index (κ2) is 10.1. The highest BCUT2D eigenvalue weighted by Gasteiger charge is 2.21. The Balaban J connectivity index is 1.56. The summed E-state index contributed by atoms with van der Waals surface area (Å²) in [5.41, 5.74) is 1.43. The third-order valence-corrected chi connectivity index (χ3v) is 8.00. The molecule has 3 aromatic heterocycles. The van der Waals surface area contributed by atoms with E-state index in [0.29, 0.717) is 28.5 Å². The van der Waals surface area contributed by atoms with Crippen LogP contribution in [0.5, 0.6) is 5.75 Å². The zero-order valence-corrected chi connectivity index (χ0v) is 20.7. The summed E-state index contributed by atoms with van der Waals surface area (Å²) >= 11 is 2.69. The molecule has 1 aliphatic heterocycles. The van der Waals surface area contributed by atoms with Crippen LogP contribution in [0.15, 0.2) is 52.5 Å². The van der Waals surface area contributed by atoms with Crippen LogP contribution in [0.4, 0.5) is 0 Å². The Morgan fingerprint density at radius 2 is 1.97 bits per heavy atom. The largest absolute Gasteiger partial charge is 0.494 e. The van der Waals surface area contributed by atoms with Gasteiger partial charge in [0.1, 0.15) is 15.3 Å². The number of pyridine rings is 1. The molecule has 1 aromatic carbocycles. The molecule has 34 heavy (non-hydrogen) atoms. The van der Waals surface area contributed by atoms with Crippen LogP contribution >= 0.6 is 23.1 Å². The molecular weight excluding hydrogens is 468 g/mol. The van der Waals surface area contributed by atoms with Crippen LogP contribution in [0.2, 0.25) is 0 Å². The molecular formula is C25H26N4O3S2. The molecule has 0 atom stereocenters. The lowest BCUT2D eigenvalue weighted by Crippen LogP contribution is -2.37. The summed E-state index contributed by atoms with van der Waals surface area (Å²) in [5, 5.41) is 1.41. The van der Waals surface area contributed by atoms with E-state index < -0.39 is 0 Å². The summed E-state index contributed by atoms with van der Waals surface area (Å²) in [6, 6.07) is 11.5. The Bertz CT molecular complexity index is 1390. The fraction of sp³-hybridized carbons (Fsp3) is 0.360. The van der Waals surface area contributed by atoms with Crippen molar-refractivity contribution in [2.45, 2.75) is 37.9 Å². The third kappa shape index (κ3) is 4.54.